The molecule has 3 aromatic carbocycles. The van der Waals surface area contributed by atoms with Crippen LogP contribution < -0.4 is 24.3 Å². The van der Waals surface area contributed by atoms with Crippen LogP contribution in [0.3, 0.4) is 0 Å². The van der Waals surface area contributed by atoms with Gasteiger partial charge in [0, 0.05) is 40.4 Å². The number of hydrogen-bond donors (Lipinski definition) is 1. The molecular weight excluding hydrogens is 530 g/mol. The predicted molar refractivity (Wildman–Crippen MR) is 149 cm³/mol. The van der Waals surface area contributed by atoms with Crippen molar-refractivity contribution in [2.45, 2.75) is 5.75 Å². The highest BCUT2D eigenvalue weighted by Crippen LogP contribution is 2.35. The minimum atomic E-state index is -3.68. The molecule has 0 unspecified atom stereocenters. The molecule has 200 valence electrons. The molecule has 0 heterocycles. The Bertz CT molecular complexity index is 1420. The largest absolute Gasteiger partial charge is 0.496 e. The summed E-state index contributed by atoms with van der Waals surface area (Å²) in [6, 6.07) is 14.8. The summed E-state index contributed by atoms with van der Waals surface area (Å²) >= 11 is 5.87. The summed E-state index contributed by atoms with van der Waals surface area (Å²) in [6.45, 7) is 0. The summed E-state index contributed by atoms with van der Waals surface area (Å²) in [7, 11) is 2.28. The van der Waals surface area contributed by atoms with Gasteiger partial charge in [-0.1, -0.05) is 17.7 Å². The number of rotatable bonds is 12. The zero-order valence-electron chi connectivity index (χ0n) is 21.4. The van der Waals surface area contributed by atoms with Gasteiger partial charge in [-0.3, -0.25) is 4.79 Å². The number of anilines is 1. The van der Waals surface area contributed by atoms with E-state index in [-0.39, 0.29) is 11.5 Å². The number of ketones is 1. The van der Waals surface area contributed by atoms with E-state index < -0.39 is 9.84 Å². The average Bonchev–Trinajstić information content (AvgIpc) is 2.91. The third-order valence-electron chi connectivity index (χ3n) is 5.43. The minimum absolute atomic E-state index is 0.221. The third kappa shape index (κ3) is 7.53. The normalized spacial score (nSPS) is 11.5. The topological polar surface area (TPSA) is 100 Å². The molecule has 0 saturated carbocycles. The first-order valence-electron chi connectivity index (χ1n) is 11.3. The quantitative estimate of drug-likeness (QED) is 0.221. The maximum absolute atomic E-state index is 12.9. The summed E-state index contributed by atoms with van der Waals surface area (Å²) in [5, 5.41) is 4.64. The highest BCUT2D eigenvalue weighted by Gasteiger charge is 2.15. The van der Waals surface area contributed by atoms with Gasteiger partial charge in [-0.2, -0.15) is 0 Å². The Balaban J connectivity index is 1.78. The molecule has 10 heteroatoms. The van der Waals surface area contributed by atoms with Gasteiger partial charge in [0.2, 0.25) is 0 Å². The van der Waals surface area contributed by atoms with Gasteiger partial charge in [-0.15, -0.1) is 0 Å². The lowest BCUT2D eigenvalue weighted by Crippen LogP contribution is -2.02. The van der Waals surface area contributed by atoms with Crippen molar-refractivity contribution in [2.24, 2.45) is 0 Å². The van der Waals surface area contributed by atoms with E-state index >= 15 is 0 Å². The Kier molecular flexibility index (Phi) is 9.81. The number of halogens is 1. The van der Waals surface area contributed by atoms with E-state index in [1.54, 1.807) is 54.6 Å². The molecule has 0 saturated heterocycles. The van der Waals surface area contributed by atoms with Crippen molar-refractivity contribution >= 4 is 39.0 Å². The number of carbonyl (C=O) groups excluding carboxylic acids is 1. The monoisotopic (exact) mass is 557 g/mol. The number of allylic oxidation sites excluding steroid dienone is 1. The summed E-state index contributed by atoms with van der Waals surface area (Å²) in [5.41, 5.74) is 1.97. The van der Waals surface area contributed by atoms with E-state index in [9.17, 15) is 13.2 Å². The second-order valence-corrected chi connectivity index (χ2v) is 10.3. The second kappa shape index (κ2) is 13.0. The van der Waals surface area contributed by atoms with Crippen LogP contribution in [0.2, 0.25) is 5.02 Å². The number of methoxy groups -OCH3 is 4. The molecule has 0 amide bonds. The molecule has 3 rings (SSSR count). The Morgan fingerprint density at radius 3 is 2.08 bits per heavy atom. The number of nitrogens with one attached hydrogen (secondary N) is 1. The maximum atomic E-state index is 12.9. The van der Waals surface area contributed by atoms with E-state index in [0.717, 1.165) is 5.41 Å². The smallest absolute Gasteiger partial charge is 0.187 e. The molecule has 0 bridgehead atoms. The Labute approximate surface area is 227 Å². The van der Waals surface area contributed by atoms with Crippen molar-refractivity contribution in [3.8, 4) is 23.0 Å². The van der Waals surface area contributed by atoms with Crippen molar-refractivity contribution in [1.29, 1.82) is 0 Å². The highest BCUT2D eigenvalue weighted by atomic mass is 35.5. The number of hydrogen-bond acceptors (Lipinski definition) is 8. The van der Waals surface area contributed by atoms with Gasteiger partial charge >= 0.3 is 0 Å². The molecule has 3 aromatic rings. The van der Waals surface area contributed by atoms with Crippen LogP contribution in [0.4, 0.5) is 5.69 Å². The summed E-state index contributed by atoms with van der Waals surface area (Å²) in [5.74, 6) is 1.32. The minimum Gasteiger partial charge on any atom is -0.496 e. The van der Waals surface area contributed by atoms with Crippen LogP contribution in [0.5, 0.6) is 23.0 Å². The number of carbonyl (C=O) groups is 1. The van der Waals surface area contributed by atoms with Crippen LogP contribution in [0.1, 0.15) is 21.5 Å². The fourth-order valence-electron chi connectivity index (χ4n) is 3.52. The van der Waals surface area contributed by atoms with Crippen molar-refractivity contribution in [1.82, 2.24) is 0 Å². The van der Waals surface area contributed by atoms with Crippen molar-refractivity contribution in [3.63, 3.8) is 0 Å². The van der Waals surface area contributed by atoms with Crippen LogP contribution in [-0.2, 0) is 15.6 Å². The van der Waals surface area contributed by atoms with E-state index in [4.69, 9.17) is 30.5 Å². The highest BCUT2D eigenvalue weighted by molar-refractivity contribution is 7.93. The number of benzene rings is 3. The lowest BCUT2D eigenvalue weighted by atomic mass is 10.1. The molecule has 0 aliphatic carbocycles. The van der Waals surface area contributed by atoms with Gasteiger partial charge in [-0.25, -0.2) is 8.42 Å². The Morgan fingerprint density at radius 1 is 0.868 bits per heavy atom. The van der Waals surface area contributed by atoms with E-state index in [1.807, 2.05) is 0 Å². The standard InChI is InChI=1S/C28H28ClNO7S/c1-34-22-16-27(36-3)23(28(17-22)37-4)12-14-38(32,33)18-19-5-10-26(35-2)24(15-19)30-13-11-25(31)20-6-8-21(29)9-7-20/h5-17,30H,18H2,1-4H3. The first-order valence-corrected chi connectivity index (χ1v) is 13.4. The van der Waals surface area contributed by atoms with Crippen LogP contribution in [0.15, 0.2) is 72.3 Å². The third-order valence-corrected chi connectivity index (χ3v) is 6.97. The zero-order valence-corrected chi connectivity index (χ0v) is 22.9. The van der Waals surface area contributed by atoms with Crippen molar-refractivity contribution in [3.05, 3.63) is 94.0 Å². The lowest BCUT2D eigenvalue weighted by molar-refractivity contribution is 0.104. The van der Waals surface area contributed by atoms with Gasteiger partial charge in [0.1, 0.15) is 23.0 Å². The Morgan fingerprint density at radius 2 is 1.50 bits per heavy atom. The Hall–Kier alpha value is -3.95. The van der Waals surface area contributed by atoms with Gasteiger partial charge in [0.05, 0.1) is 45.4 Å². The average molecular weight is 558 g/mol. The molecule has 38 heavy (non-hydrogen) atoms. The molecule has 0 aromatic heterocycles. The van der Waals surface area contributed by atoms with Crippen LogP contribution in [-0.4, -0.2) is 42.6 Å². The van der Waals surface area contributed by atoms with Gasteiger partial charge in [-0.05, 0) is 48.0 Å². The van der Waals surface area contributed by atoms with Gasteiger partial charge < -0.3 is 24.3 Å². The van der Waals surface area contributed by atoms with Gasteiger partial charge in [0.15, 0.2) is 15.6 Å². The molecule has 0 radical (unpaired) electrons. The molecular formula is C28H28ClNO7S. The van der Waals surface area contributed by atoms with Crippen LogP contribution in [0, 0.1) is 0 Å². The molecule has 8 nitrogen and oxygen atoms in total. The predicted octanol–water partition coefficient (Wildman–Crippen LogP) is 5.77. The van der Waals surface area contributed by atoms with Crippen molar-refractivity contribution < 1.29 is 32.2 Å². The second-order valence-electron chi connectivity index (χ2n) is 7.94. The zero-order chi connectivity index (χ0) is 27.7. The SMILES string of the molecule is COc1cc(OC)c(C=CS(=O)(=O)Cc2ccc(OC)c(NC=CC(=O)c3ccc(Cl)cc3)c2)c(OC)c1. The maximum Gasteiger partial charge on any atom is 0.187 e. The first kappa shape index (κ1) is 28.6. The van der Waals surface area contributed by atoms with Crippen molar-refractivity contribution in [2.75, 3.05) is 33.8 Å². The van der Waals surface area contributed by atoms with Gasteiger partial charge in [0.25, 0.3) is 0 Å². The lowest BCUT2D eigenvalue weighted by Gasteiger charge is -2.12. The summed E-state index contributed by atoms with van der Waals surface area (Å²) < 4.78 is 47.2. The molecule has 0 atom stereocenters. The molecule has 1 N–H and O–H groups in total. The molecule has 0 aliphatic rings. The summed E-state index contributed by atoms with van der Waals surface area (Å²) in [4.78, 5) is 12.4. The van der Waals surface area contributed by atoms with E-state index in [0.29, 0.717) is 50.4 Å². The van der Waals surface area contributed by atoms with Crippen LogP contribution >= 0.6 is 11.6 Å². The van der Waals surface area contributed by atoms with Crippen LogP contribution in [0.25, 0.3) is 6.08 Å². The number of ether oxygens (including phenoxy) is 4. The fraction of sp³-hybridized carbons (Fsp3) is 0.179. The molecule has 0 fully saturated rings. The fourth-order valence-corrected chi connectivity index (χ4v) is 4.73. The van der Waals surface area contributed by atoms with E-state index in [2.05, 4.69) is 5.32 Å². The van der Waals surface area contributed by atoms with E-state index in [1.165, 1.54) is 46.8 Å². The molecule has 0 aliphatic heterocycles. The first-order chi connectivity index (χ1) is 18.2. The number of sulfone groups is 1. The molecule has 0 spiro atoms. The summed E-state index contributed by atoms with van der Waals surface area (Å²) in [6.07, 6.45) is 4.26.